The van der Waals surface area contributed by atoms with Gasteiger partial charge < -0.3 is 9.26 Å². The second-order valence-electron chi connectivity index (χ2n) is 7.26. The van der Waals surface area contributed by atoms with Crippen LogP contribution in [0.3, 0.4) is 0 Å². The normalized spacial score (nSPS) is 20.2. The molecule has 5 rings (SSSR count). The molecule has 1 fully saturated rings. The van der Waals surface area contributed by atoms with E-state index in [1.165, 1.54) is 11.8 Å². The third-order valence-electron chi connectivity index (χ3n) is 5.14. The minimum atomic E-state index is -0.287. The van der Waals surface area contributed by atoms with Crippen molar-refractivity contribution in [2.45, 2.75) is 18.8 Å². The Balaban J connectivity index is 1.35. The molecule has 3 heterocycles. The molecular weight excluding hydrogens is 428 g/mol. The molecule has 2 aliphatic rings. The number of anilines is 1. The number of hydrazine groups is 1. The summed E-state index contributed by atoms with van der Waals surface area (Å²) in [6, 6.07) is 17.1. The summed E-state index contributed by atoms with van der Waals surface area (Å²) in [6.45, 7) is 3.07. The van der Waals surface area contributed by atoms with E-state index in [1.54, 1.807) is 4.90 Å². The van der Waals surface area contributed by atoms with Gasteiger partial charge in [-0.3, -0.25) is 15.1 Å². The number of thioether (sulfide) groups is 1. The Labute approximate surface area is 189 Å². The molecule has 164 valence electrons. The van der Waals surface area contributed by atoms with E-state index < -0.39 is 0 Å². The first-order valence-corrected chi connectivity index (χ1v) is 11.4. The van der Waals surface area contributed by atoms with Gasteiger partial charge in [0, 0.05) is 12.1 Å². The number of benzene rings is 2. The van der Waals surface area contributed by atoms with E-state index in [4.69, 9.17) is 14.3 Å². The average molecular weight is 451 g/mol. The average Bonchev–Trinajstić information content (AvgIpc) is 3.49. The number of hydrogen-bond acceptors (Lipinski definition) is 9. The molecule has 1 saturated heterocycles. The van der Waals surface area contributed by atoms with E-state index in [0.717, 1.165) is 17.0 Å². The molecule has 2 unspecified atom stereocenters. The van der Waals surface area contributed by atoms with Crippen LogP contribution in [0.4, 0.5) is 5.69 Å². The Bertz CT molecular complexity index is 1140. The van der Waals surface area contributed by atoms with Gasteiger partial charge in [0.15, 0.2) is 5.17 Å². The van der Waals surface area contributed by atoms with Crippen LogP contribution in [0.1, 0.15) is 12.8 Å². The molecule has 10 heteroatoms. The summed E-state index contributed by atoms with van der Waals surface area (Å²) in [5.74, 6) is 1.85. The molecule has 1 amide bonds. The zero-order chi connectivity index (χ0) is 21.9. The molecule has 3 aromatic rings. The van der Waals surface area contributed by atoms with Crippen molar-refractivity contribution in [3.8, 4) is 17.1 Å². The number of ether oxygens (including phenoxy) is 1. The Morgan fingerprint density at radius 3 is 2.94 bits per heavy atom. The van der Waals surface area contributed by atoms with Gasteiger partial charge in [0.05, 0.1) is 24.0 Å². The fourth-order valence-electron chi connectivity index (χ4n) is 3.63. The molecule has 2 atom stereocenters. The standard InChI is InChI=1S/C22H22N6O3S/c1-2-30-16-10-6-7-14(11-16)19-24-18(31-27-19)13-32-22-25-20-17(12-23-26-20)21(29)28(22)15-8-4-3-5-9-15/h3-11,17,20,23,26H,2,12-13H2,1H3. The Morgan fingerprint density at radius 2 is 2.09 bits per heavy atom. The molecule has 9 nitrogen and oxygen atoms in total. The zero-order valence-corrected chi connectivity index (χ0v) is 18.2. The molecule has 2 N–H and O–H groups in total. The number of amidine groups is 1. The lowest BCUT2D eigenvalue weighted by atomic mass is 10.1. The summed E-state index contributed by atoms with van der Waals surface area (Å²) in [7, 11) is 0. The summed E-state index contributed by atoms with van der Waals surface area (Å²) in [6.07, 6.45) is -0.287. The maximum atomic E-state index is 13.2. The quantitative estimate of drug-likeness (QED) is 0.591. The van der Waals surface area contributed by atoms with Crippen LogP contribution >= 0.6 is 11.8 Å². The van der Waals surface area contributed by atoms with Crippen molar-refractivity contribution in [1.82, 2.24) is 21.0 Å². The molecule has 0 bridgehead atoms. The Hall–Kier alpha value is -3.21. The second-order valence-corrected chi connectivity index (χ2v) is 8.20. The summed E-state index contributed by atoms with van der Waals surface area (Å²) < 4.78 is 11.0. The fourth-order valence-corrected chi connectivity index (χ4v) is 4.51. The maximum Gasteiger partial charge on any atom is 0.241 e. The van der Waals surface area contributed by atoms with E-state index in [1.807, 2.05) is 61.5 Å². The monoisotopic (exact) mass is 450 g/mol. The predicted molar refractivity (Wildman–Crippen MR) is 122 cm³/mol. The number of fused-ring (bicyclic) bond motifs is 1. The predicted octanol–water partition coefficient (Wildman–Crippen LogP) is 2.82. The molecular formula is C22H22N6O3S. The number of carbonyl (C=O) groups excluding carboxylic acids is 1. The van der Waals surface area contributed by atoms with Crippen LogP contribution in [0.25, 0.3) is 11.4 Å². The number of nitrogens with zero attached hydrogens (tertiary/aromatic N) is 4. The van der Waals surface area contributed by atoms with Crippen LogP contribution in [0.2, 0.25) is 0 Å². The lowest BCUT2D eigenvalue weighted by Gasteiger charge is -2.32. The van der Waals surface area contributed by atoms with Crippen molar-refractivity contribution >= 4 is 28.5 Å². The molecule has 1 aromatic heterocycles. The number of hydrogen-bond donors (Lipinski definition) is 2. The highest BCUT2D eigenvalue weighted by Crippen LogP contribution is 2.30. The van der Waals surface area contributed by atoms with E-state index in [2.05, 4.69) is 21.0 Å². The summed E-state index contributed by atoms with van der Waals surface area (Å²) in [4.78, 5) is 24.1. The highest BCUT2D eigenvalue weighted by Gasteiger charge is 2.42. The first-order valence-electron chi connectivity index (χ1n) is 10.4. The summed E-state index contributed by atoms with van der Waals surface area (Å²) in [5, 5.41) is 4.69. The molecule has 32 heavy (non-hydrogen) atoms. The van der Waals surface area contributed by atoms with Gasteiger partial charge in [0.1, 0.15) is 11.9 Å². The van der Waals surface area contributed by atoms with Gasteiger partial charge in [-0.1, -0.05) is 47.3 Å². The van der Waals surface area contributed by atoms with Crippen LogP contribution in [0, 0.1) is 5.92 Å². The van der Waals surface area contributed by atoms with Crippen molar-refractivity contribution in [3.05, 3.63) is 60.5 Å². The van der Waals surface area contributed by atoms with E-state index in [0.29, 0.717) is 35.8 Å². The summed E-state index contributed by atoms with van der Waals surface area (Å²) in [5.41, 5.74) is 7.70. The second kappa shape index (κ2) is 9.11. The molecule has 0 aliphatic carbocycles. The number of aromatic nitrogens is 2. The molecule has 2 aromatic carbocycles. The first-order chi connectivity index (χ1) is 15.7. The van der Waals surface area contributed by atoms with Gasteiger partial charge >= 0.3 is 0 Å². The first kappa shape index (κ1) is 20.7. The number of carbonyl (C=O) groups is 1. The number of amides is 1. The molecule has 0 spiro atoms. The van der Waals surface area contributed by atoms with Gasteiger partial charge in [-0.2, -0.15) is 4.98 Å². The van der Waals surface area contributed by atoms with Crippen LogP contribution < -0.4 is 20.5 Å². The highest BCUT2D eigenvalue weighted by atomic mass is 32.2. The highest BCUT2D eigenvalue weighted by molar-refractivity contribution is 8.13. The Morgan fingerprint density at radius 1 is 1.22 bits per heavy atom. The zero-order valence-electron chi connectivity index (χ0n) is 17.4. The van der Waals surface area contributed by atoms with Gasteiger partial charge in [-0.15, -0.1) is 0 Å². The van der Waals surface area contributed by atoms with Gasteiger partial charge in [-0.25, -0.2) is 10.4 Å². The largest absolute Gasteiger partial charge is 0.494 e. The molecule has 2 aliphatic heterocycles. The summed E-state index contributed by atoms with van der Waals surface area (Å²) >= 11 is 1.39. The van der Waals surface area contributed by atoms with Crippen LogP contribution in [0.15, 0.2) is 64.1 Å². The molecule has 0 saturated carbocycles. The van der Waals surface area contributed by atoms with Crippen LogP contribution in [-0.4, -0.2) is 40.5 Å². The van der Waals surface area contributed by atoms with Crippen LogP contribution in [-0.2, 0) is 10.5 Å². The van der Waals surface area contributed by atoms with Gasteiger partial charge in [-0.05, 0) is 31.2 Å². The third kappa shape index (κ3) is 4.12. The van der Waals surface area contributed by atoms with E-state index in [-0.39, 0.29) is 18.0 Å². The number of nitrogens with one attached hydrogen (secondary N) is 2. The minimum Gasteiger partial charge on any atom is -0.494 e. The van der Waals surface area contributed by atoms with Gasteiger partial charge in [0.2, 0.25) is 17.6 Å². The number of aliphatic imine (C=N–C) groups is 1. The van der Waals surface area contributed by atoms with Crippen LogP contribution in [0.5, 0.6) is 5.75 Å². The maximum absolute atomic E-state index is 13.2. The van der Waals surface area contributed by atoms with Crippen molar-refractivity contribution in [1.29, 1.82) is 0 Å². The lowest BCUT2D eigenvalue weighted by molar-refractivity contribution is -0.121. The number of para-hydroxylation sites is 1. The third-order valence-corrected chi connectivity index (χ3v) is 6.08. The van der Waals surface area contributed by atoms with E-state index in [9.17, 15) is 4.79 Å². The fraction of sp³-hybridized carbons (Fsp3) is 0.273. The lowest BCUT2D eigenvalue weighted by Crippen LogP contribution is -2.49. The number of rotatable bonds is 6. The van der Waals surface area contributed by atoms with Crippen molar-refractivity contribution in [2.75, 3.05) is 18.1 Å². The Kier molecular flexibility index (Phi) is 5.89. The van der Waals surface area contributed by atoms with E-state index >= 15 is 0 Å². The van der Waals surface area contributed by atoms with Crippen molar-refractivity contribution in [2.24, 2.45) is 10.9 Å². The van der Waals surface area contributed by atoms with Crippen molar-refractivity contribution in [3.63, 3.8) is 0 Å². The topological polar surface area (TPSA) is 105 Å². The minimum absolute atomic E-state index is 0.00940. The smallest absolute Gasteiger partial charge is 0.241 e. The molecule has 0 radical (unpaired) electrons. The van der Waals surface area contributed by atoms with Gasteiger partial charge in [0.25, 0.3) is 0 Å². The SMILES string of the molecule is CCOc1cccc(-c2noc(CSC3=NC4NNCC4C(=O)N3c3ccccc3)n2)c1. The van der Waals surface area contributed by atoms with Crippen molar-refractivity contribution < 1.29 is 14.1 Å².